The summed E-state index contributed by atoms with van der Waals surface area (Å²) in [4.78, 5) is 42.1. The quantitative estimate of drug-likeness (QED) is 0.348. The molecule has 0 unspecified atom stereocenters. The number of nitriles is 1. The van der Waals surface area contributed by atoms with E-state index >= 15 is 0 Å². The fourth-order valence-electron chi connectivity index (χ4n) is 6.37. The maximum atomic E-state index is 13.5. The molecule has 1 N–H and O–H groups in total. The number of esters is 1. The molecule has 2 atom stereocenters. The molecule has 3 aliphatic heterocycles. The number of hydrogen-bond acceptors (Lipinski definition) is 9. The largest absolute Gasteiger partial charge is 0.466 e. The lowest BCUT2D eigenvalue weighted by Crippen LogP contribution is -2.53. The number of anilines is 1. The third-order valence-electron chi connectivity index (χ3n) is 8.94. The van der Waals surface area contributed by atoms with Gasteiger partial charge in [0.2, 0.25) is 0 Å². The van der Waals surface area contributed by atoms with Crippen LogP contribution in [0.1, 0.15) is 35.0 Å². The first-order valence-electron chi connectivity index (χ1n) is 14.6. The molecule has 1 aliphatic carbocycles. The lowest BCUT2D eigenvalue weighted by molar-refractivity contribution is -0.136. The zero-order chi connectivity index (χ0) is 31.3. The van der Waals surface area contributed by atoms with Crippen LogP contribution in [0.3, 0.4) is 0 Å². The number of hydrogen-bond donors (Lipinski definition) is 1. The van der Waals surface area contributed by atoms with Crippen molar-refractivity contribution in [2.24, 2.45) is 4.99 Å². The van der Waals surface area contributed by atoms with Gasteiger partial charge in [-0.25, -0.2) is 14.6 Å². The Kier molecular flexibility index (Phi) is 7.78. The van der Waals surface area contributed by atoms with Crippen LogP contribution in [0.15, 0.2) is 70.3 Å². The van der Waals surface area contributed by atoms with Crippen molar-refractivity contribution in [2.75, 3.05) is 44.7 Å². The van der Waals surface area contributed by atoms with Crippen molar-refractivity contribution in [1.29, 1.82) is 5.26 Å². The van der Waals surface area contributed by atoms with Gasteiger partial charge >= 0.3 is 12.0 Å². The number of nitrogens with zero attached hydrogens (tertiary/aromatic N) is 6. The Labute approximate surface area is 274 Å². The van der Waals surface area contributed by atoms with E-state index in [1.807, 2.05) is 39.4 Å². The van der Waals surface area contributed by atoms with Crippen LogP contribution in [0, 0.1) is 11.3 Å². The molecule has 45 heavy (non-hydrogen) atoms. The number of rotatable bonds is 7. The number of nitrogens with one attached hydrogen (secondary N) is 1. The Morgan fingerprint density at radius 3 is 2.64 bits per heavy atom. The van der Waals surface area contributed by atoms with Gasteiger partial charge in [-0.2, -0.15) is 5.26 Å². The normalized spacial score (nSPS) is 22.4. The molecule has 2 saturated heterocycles. The smallest absolute Gasteiger partial charge is 0.338 e. The van der Waals surface area contributed by atoms with Gasteiger partial charge in [-0.1, -0.05) is 41.4 Å². The molecular formula is C32H29Cl2N7O3S. The summed E-state index contributed by atoms with van der Waals surface area (Å²) < 4.78 is 5.25. The number of halogens is 2. The second kappa shape index (κ2) is 11.8. The molecule has 0 bridgehead atoms. The first-order chi connectivity index (χ1) is 21.8. The number of amidine groups is 1. The van der Waals surface area contributed by atoms with Crippen LogP contribution in [0.4, 0.5) is 10.5 Å². The van der Waals surface area contributed by atoms with Gasteiger partial charge in [-0.05, 0) is 42.7 Å². The van der Waals surface area contributed by atoms with E-state index in [0.29, 0.717) is 70.4 Å². The van der Waals surface area contributed by atoms with E-state index in [0.717, 1.165) is 24.1 Å². The van der Waals surface area contributed by atoms with Crippen molar-refractivity contribution in [1.82, 2.24) is 20.1 Å². The minimum Gasteiger partial charge on any atom is -0.466 e. The van der Waals surface area contributed by atoms with Gasteiger partial charge in [-0.15, -0.1) is 11.3 Å². The van der Waals surface area contributed by atoms with Crippen LogP contribution in [0.5, 0.6) is 0 Å². The molecular weight excluding hydrogens is 633 g/mol. The van der Waals surface area contributed by atoms with Crippen LogP contribution in [-0.2, 0) is 14.9 Å². The molecule has 0 spiro atoms. The highest BCUT2D eigenvalue weighted by Crippen LogP contribution is 2.48. The maximum absolute atomic E-state index is 13.5. The van der Waals surface area contributed by atoms with E-state index in [-0.39, 0.29) is 17.5 Å². The number of ether oxygens (including phenoxy) is 1. The van der Waals surface area contributed by atoms with Gasteiger partial charge < -0.3 is 15.0 Å². The number of aliphatic imine (C=N–C) groups is 1. The van der Waals surface area contributed by atoms with Gasteiger partial charge in [0.25, 0.3) is 0 Å². The number of urea groups is 1. The average molecular weight is 663 g/mol. The number of methoxy groups -OCH3 is 1. The number of piperazine rings is 1. The highest BCUT2D eigenvalue weighted by Gasteiger charge is 2.46. The van der Waals surface area contributed by atoms with Crippen molar-refractivity contribution < 1.29 is 14.3 Å². The topological polar surface area (TPSA) is 114 Å². The molecule has 1 aromatic heterocycles. The molecule has 0 radical (unpaired) electrons. The number of aromatic nitrogens is 1. The third-order valence-corrected chi connectivity index (χ3v) is 10.3. The van der Waals surface area contributed by atoms with Gasteiger partial charge in [-0.3, -0.25) is 14.8 Å². The predicted octanol–water partition coefficient (Wildman–Crippen LogP) is 5.15. The summed E-state index contributed by atoms with van der Waals surface area (Å²) in [5.74, 6) is 0.0291. The van der Waals surface area contributed by atoms with Crippen LogP contribution in [0.2, 0.25) is 10.0 Å². The molecule has 3 fully saturated rings. The number of carbonyl (C=O) groups excluding carboxylic acids is 2. The summed E-state index contributed by atoms with van der Waals surface area (Å²) in [6.45, 7) is 2.74. The first kappa shape index (κ1) is 29.7. The van der Waals surface area contributed by atoms with E-state index in [1.54, 1.807) is 24.4 Å². The number of thiazole rings is 1. The van der Waals surface area contributed by atoms with Crippen molar-refractivity contribution in [3.05, 3.63) is 91.5 Å². The predicted molar refractivity (Wildman–Crippen MR) is 173 cm³/mol. The molecule has 7 rings (SSSR count). The summed E-state index contributed by atoms with van der Waals surface area (Å²) in [7, 11) is 1.35. The summed E-state index contributed by atoms with van der Waals surface area (Å²) in [5.41, 5.74) is 3.12. The molecule has 230 valence electrons. The second-order valence-electron chi connectivity index (χ2n) is 11.6. The van der Waals surface area contributed by atoms with Crippen LogP contribution >= 0.6 is 34.5 Å². The molecule has 13 heteroatoms. The minimum atomic E-state index is -0.735. The van der Waals surface area contributed by atoms with Crippen LogP contribution < -0.4 is 10.2 Å². The fourth-order valence-corrected chi connectivity index (χ4v) is 7.47. The van der Waals surface area contributed by atoms with Gasteiger partial charge in [0.1, 0.15) is 6.04 Å². The zero-order valence-electron chi connectivity index (χ0n) is 24.4. The highest BCUT2D eigenvalue weighted by atomic mass is 35.5. The maximum Gasteiger partial charge on any atom is 0.338 e. The van der Waals surface area contributed by atoms with E-state index in [2.05, 4.69) is 21.3 Å². The Hall–Kier alpha value is -3.95. The third kappa shape index (κ3) is 5.46. The number of carbonyl (C=O) groups is 2. The molecule has 2 amide bonds. The first-order valence-corrected chi connectivity index (χ1v) is 16.3. The van der Waals surface area contributed by atoms with Gasteiger partial charge in [0, 0.05) is 71.3 Å². The van der Waals surface area contributed by atoms with Crippen molar-refractivity contribution >= 4 is 58.1 Å². The number of benzene rings is 2. The van der Waals surface area contributed by atoms with E-state index in [1.165, 1.54) is 18.4 Å². The summed E-state index contributed by atoms with van der Waals surface area (Å²) >= 11 is 14.3. The SMILES string of the molecule is COC(=O)C1=C(CN2CCN3C(=O)N(c4ccc(C5(C#N)CC5)cc4)C[C@@H]3C2)NC(c2nccs2)=N[C@H]1c1ccc(Cl)cc1Cl. The molecule has 3 aromatic rings. The standard InChI is InChI=1S/C32H29Cl2N7O3S/c1-44-30(42)26-25(37-28(29-36-10-13-45-29)38-27(26)23-7-4-20(33)14-24(23)34)17-39-11-12-40-22(15-39)16-41(31(40)43)21-5-2-19(3-6-21)32(18-35)8-9-32/h2-7,10,13-14,22,27H,8-9,11-12,15-17H2,1H3,(H,37,38)/t22-,27-/m0/s1. The Morgan fingerprint density at radius 2 is 1.98 bits per heavy atom. The molecule has 1 saturated carbocycles. The summed E-state index contributed by atoms with van der Waals surface area (Å²) in [6, 6.07) is 14.6. The lowest BCUT2D eigenvalue weighted by atomic mass is 9.95. The van der Waals surface area contributed by atoms with Crippen molar-refractivity contribution in [2.45, 2.75) is 30.3 Å². The lowest BCUT2D eigenvalue weighted by Gasteiger charge is -2.38. The van der Waals surface area contributed by atoms with Crippen molar-refractivity contribution in [3.63, 3.8) is 0 Å². The molecule has 4 heterocycles. The Bertz CT molecular complexity index is 1770. The van der Waals surface area contributed by atoms with E-state index in [4.69, 9.17) is 32.9 Å². The monoisotopic (exact) mass is 661 g/mol. The van der Waals surface area contributed by atoms with Crippen LogP contribution in [0.25, 0.3) is 0 Å². The Balaban J connectivity index is 1.15. The van der Waals surface area contributed by atoms with Gasteiger partial charge in [0.05, 0.1) is 30.2 Å². The summed E-state index contributed by atoms with van der Waals surface area (Å²) in [5, 5.41) is 16.4. The molecule has 10 nitrogen and oxygen atoms in total. The second-order valence-corrected chi connectivity index (χ2v) is 13.3. The van der Waals surface area contributed by atoms with Gasteiger partial charge in [0.15, 0.2) is 10.8 Å². The summed E-state index contributed by atoms with van der Waals surface area (Å²) in [6.07, 6.45) is 3.46. The Morgan fingerprint density at radius 1 is 1.18 bits per heavy atom. The number of fused-ring (bicyclic) bond motifs is 1. The minimum absolute atomic E-state index is 0.0188. The fraction of sp³-hybridized carbons (Fsp3) is 0.344. The van der Waals surface area contributed by atoms with Crippen molar-refractivity contribution in [3.8, 4) is 6.07 Å². The van der Waals surface area contributed by atoms with E-state index in [9.17, 15) is 14.9 Å². The average Bonchev–Trinajstić information content (AvgIpc) is 3.51. The van der Waals surface area contributed by atoms with E-state index < -0.39 is 12.0 Å². The van der Waals surface area contributed by atoms with Crippen LogP contribution in [-0.4, -0.2) is 78.5 Å². The number of amides is 2. The molecule has 2 aromatic carbocycles. The highest BCUT2D eigenvalue weighted by molar-refractivity contribution is 7.11. The molecule has 4 aliphatic rings. The zero-order valence-corrected chi connectivity index (χ0v) is 26.7.